The lowest BCUT2D eigenvalue weighted by Crippen LogP contribution is -2.37. The summed E-state index contributed by atoms with van der Waals surface area (Å²) in [6.45, 7) is 8.44. The molecule has 2 fully saturated rings. The number of benzene rings is 1. The highest BCUT2D eigenvalue weighted by Crippen LogP contribution is 2.35. The van der Waals surface area contributed by atoms with E-state index in [2.05, 4.69) is 50.5 Å². The number of rotatable bonds is 4. The largest absolute Gasteiger partial charge is 0.354 e. The number of hydrogen-bond donors (Lipinski definition) is 0. The van der Waals surface area contributed by atoms with Crippen molar-refractivity contribution in [2.75, 3.05) is 36.0 Å². The summed E-state index contributed by atoms with van der Waals surface area (Å²) in [6, 6.07) is 8.59. The molecule has 0 spiro atoms. The van der Waals surface area contributed by atoms with Gasteiger partial charge in [0.05, 0.1) is 11.0 Å². The lowest BCUT2D eigenvalue weighted by Gasteiger charge is -2.35. The number of hydrogen-bond acceptors (Lipinski definition) is 6. The van der Waals surface area contributed by atoms with Crippen LogP contribution < -0.4 is 9.80 Å². The molecule has 0 saturated carbocycles. The van der Waals surface area contributed by atoms with Crippen LogP contribution in [-0.2, 0) is 0 Å². The zero-order valence-corrected chi connectivity index (χ0v) is 17.3. The molecule has 2 saturated heterocycles. The second-order valence-corrected chi connectivity index (χ2v) is 8.53. The van der Waals surface area contributed by atoms with E-state index in [1.165, 1.54) is 12.8 Å². The van der Waals surface area contributed by atoms with Gasteiger partial charge in [-0.3, -0.25) is 0 Å². The Kier molecular flexibility index (Phi) is 4.81. The van der Waals surface area contributed by atoms with Gasteiger partial charge in [-0.2, -0.15) is 0 Å². The average Bonchev–Trinajstić information content (AvgIpc) is 3.45. The Bertz CT molecular complexity index is 990. The molecule has 0 aliphatic carbocycles. The molecule has 2 aliphatic rings. The van der Waals surface area contributed by atoms with E-state index in [9.17, 15) is 0 Å². The third-order valence-electron chi connectivity index (χ3n) is 6.18. The van der Waals surface area contributed by atoms with Gasteiger partial charge >= 0.3 is 0 Å². The van der Waals surface area contributed by atoms with Crippen molar-refractivity contribution in [3.05, 3.63) is 36.4 Å². The van der Waals surface area contributed by atoms with Crippen LogP contribution in [-0.4, -0.2) is 50.9 Å². The molecule has 0 radical (unpaired) electrons. The van der Waals surface area contributed by atoms with Crippen LogP contribution in [0.2, 0.25) is 0 Å². The van der Waals surface area contributed by atoms with Crippen LogP contribution in [0.1, 0.15) is 57.3 Å². The maximum Gasteiger partial charge on any atom is 0.172 e. The summed E-state index contributed by atoms with van der Waals surface area (Å²) >= 11 is 0. The monoisotopic (exact) mass is 391 g/mol. The number of para-hydroxylation sites is 2. The molecule has 5 rings (SSSR count). The van der Waals surface area contributed by atoms with Crippen molar-refractivity contribution in [1.82, 2.24) is 24.7 Å². The first kappa shape index (κ1) is 18.3. The van der Waals surface area contributed by atoms with Gasteiger partial charge < -0.3 is 14.4 Å². The molecule has 7 heteroatoms. The van der Waals surface area contributed by atoms with Crippen LogP contribution in [0.3, 0.4) is 0 Å². The predicted molar refractivity (Wildman–Crippen MR) is 116 cm³/mol. The Morgan fingerprint density at radius 1 is 0.897 bits per heavy atom. The first-order chi connectivity index (χ1) is 14.2. The zero-order valence-electron chi connectivity index (χ0n) is 17.3. The van der Waals surface area contributed by atoms with Gasteiger partial charge in [-0.05, 0) is 51.7 Å². The minimum atomic E-state index is 0.369. The van der Waals surface area contributed by atoms with Crippen molar-refractivity contribution in [3.63, 3.8) is 0 Å². The Labute approximate surface area is 171 Å². The molecule has 2 aromatic heterocycles. The molecular formula is C22H29N7. The van der Waals surface area contributed by atoms with E-state index in [0.29, 0.717) is 12.0 Å². The number of piperidine rings is 1. The molecule has 3 aromatic rings. The average molecular weight is 392 g/mol. The third-order valence-corrected chi connectivity index (χ3v) is 6.18. The highest BCUT2D eigenvalue weighted by molar-refractivity contribution is 5.81. The number of fused-ring (bicyclic) bond motifs is 1. The van der Waals surface area contributed by atoms with Crippen LogP contribution in [0.5, 0.6) is 0 Å². The Balaban J connectivity index is 1.52. The summed E-state index contributed by atoms with van der Waals surface area (Å²) < 4.78 is 2.21. The summed E-state index contributed by atoms with van der Waals surface area (Å²) in [6.07, 6.45) is 6.60. The predicted octanol–water partition coefficient (Wildman–Crippen LogP) is 3.79. The zero-order chi connectivity index (χ0) is 19.8. The maximum atomic E-state index is 5.10. The number of anilines is 2. The van der Waals surface area contributed by atoms with Gasteiger partial charge in [0.15, 0.2) is 11.6 Å². The number of aromatic nitrogens is 5. The van der Waals surface area contributed by atoms with Crippen molar-refractivity contribution in [2.24, 2.45) is 0 Å². The molecule has 2 aliphatic heterocycles. The van der Waals surface area contributed by atoms with E-state index in [-0.39, 0.29) is 0 Å². The molecule has 1 atom stereocenters. The van der Waals surface area contributed by atoms with Gasteiger partial charge in [-0.25, -0.2) is 9.97 Å². The summed E-state index contributed by atoms with van der Waals surface area (Å²) in [7, 11) is 0. The lowest BCUT2D eigenvalue weighted by atomic mass is 9.97. The molecule has 1 unspecified atom stereocenters. The second-order valence-electron chi connectivity index (χ2n) is 8.53. The Hall–Kier alpha value is -2.70. The second kappa shape index (κ2) is 7.61. The molecule has 4 heterocycles. The topological polar surface area (TPSA) is 63.0 Å². The van der Waals surface area contributed by atoms with E-state index in [1.807, 2.05) is 18.5 Å². The SMILES string of the molecule is CC(C)n1cnnc1C1CCCN(c2nc3ccccc3nc2N2CCCC2)C1. The van der Waals surface area contributed by atoms with Crippen LogP contribution in [0.4, 0.5) is 11.6 Å². The van der Waals surface area contributed by atoms with E-state index < -0.39 is 0 Å². The molecule has 152 valence electrons. The minimum Gasteiger partial charge on any atom is -0.354 e. The van der Waals surface area contributed by atoms with E-state index in [0.717, 1.165) is 67.5 Å². The molecule has 29 heavy (non-hydrogen) atoms. The Morgan fingerprint density at radius 3 is 2.24 bits per heavy atom. The molecule has 0 N–H and O–H groups in total. The van der Waals surface area contributed by atoms with Crippen molar-refractivity contribution >= 4 is 22.7 Å². The molecule has 1 aromatic carbocycles. The minimum absolute atomic E-state index is 0.369. The van der Waals surface area contributed by atoms with Crippen LogP contribution in [0.25, 0.3) is 11.0 Å². The first-order valence-corrected chi connectivity index (χ1v) is 10.9. The van der Waals surface area contributed by atoms with Crippen molar-refractivity contribution in [3.8, 4) is 0 Å². The summed E-state index contributed by atoms with van der Waals surface area (Å²) in [5, 5.41) is 8.67. The fraction of sp³-hybridized carbons (Fsp3) is 0.545. The standard InChI is InChI=1S/C22H29N7/c1-16(2)29-15-23-26-20(29)17-8-7-13-28(14-17)22-21(27-11-5-6-12-27)24-18-9-3-4-10-19(18)25-22/h3-4,9-10,15-17H,5-8,11-14H2,1-2H3. The van der Waals surface area contributed by atoms with Gasteiger partial charge in [0.1, 0.15) is 12.2 Å². The molecular weight excluding hydrogens is 362 g/mol. The molecule has 0 bridgehead atoms. The van der Waals surface area contributed by atoms with E-state index in [4.69, 9.17) is 9.97 Å². The van der Waals surface area contributed by atoms with E-state index in [1.54, 1.807) is 0 Å². The highest BCUT2D eigenvalue weighted by Gasteiger charge is 2.30. The maximum absolute atomic E-state index is 5.10. The van der Waals surface area contributed by atoms with Gasteiger partial charge in [0, 0.05) is 38.1 Å². The fourth-order valence-corrected chi connectivity index (χ4v) is 4.66. The van der Waals surface area contributed by atoms with Crippen LogP contribution in [0, 0.1) is 0 Å². The van der Waals surface area contributed by atoms with Crippen molar-refractivity contribution in [1.29, 1.82) is 0 Å². The normalized spacial score (nSPS) is 20.2. The van der Waals surface area contributed by atoms with Crippen molar-refractivity contribution in [2.45, 2.75) is 51.5 Å². The highest BCUT2D eigenvalue weighted by atomic mass is 15.3. The smallest absolute Gasteiger partial charge is 0.172 e. The van der Waals surface area contributed by atoms with Crippen LogP contribution in [0.15, 0.2) is 30.6 Å². The third kappa shape index (κ3) is 3.43. The Morgan fingerprint density at radius 2 is 1.55 bits per heavy atom. The summed E-state index contributed by atoms with van der Waals surface area (Å²) in [4.78, 5) is 15.0. The quantitative estimate of drug-likeness (QED) is 0.674. The van der Waals surface area contributed by atoms with Gasteiger partial charge in [-0.1, -0.05) is 12.1 Å². The number of nitrogens with zero attached hydrogens (tertiary/aromatic N) is 7. The lowest BCUT2D eigenvalue weighted by molar-refractivity contribution is 0.453. The molecule has 7 nitrogen and oxygen atoms in total. The van der Waals surface area contributed by atoms with Crippen LogP contribution >= 0.6 is 0 Å². The van der Waals surface area contributed by atoms with Gasteiger partial charge in [0.2, 0.25) is 0 Å². The molecule has 0 amide bonds. The van der Waals surface area contributed by atoms with Gasteiger partial charge in [0.25, 0.3) is 0 Å². The fourth-order valence-electron chi connectivity index (χ4n) is 4.66. The van der Waals surface area contributed by atoms with Crippen molar-refractivity contribution < 1.29 is 0 Å². The summed E-state index contributed by atoms with van der Waals surface area (Å²) in [5.74, 6) is 3.55. The first-order valence-electron chi connectivity index (χ1n) is 10.9. The summed E-state index contributed by atoms with van der Waals surface area (Å²) in [5.41, 5.74) is 1.95. The van der Waals surface area contributed by atoms with E-state index >= 15 is 0 Å². The van der Waals surface area contributed by atoms with Gasteiger partial charge in [-0.15, -0.1) is 10.2 Å².